The number of hydrogen-bond donors (Lipinski definition) is 1. The summed E-state index contributed by atoms with van der Waals surface area (Å²) >= 11 is 1.39. The van der Waals surface area contributed by atoms with E-state index in [0.29, 0.717) is 10.7 Å². The Labute approximate surface area is 115 Å². The second kappa shape index (κ2) is 5.75. The first-order valence-electron chi connectivity index (χ1n) is 5.87. The number of carbonyl (C=O) groups excluding carboxylic acids is 1. The predicted octanol–water partition coefficient (Wildman–Crippen LogP) is 1.81. The Balaban J connectivity index is 2.13. The van der Waals surface area contributed by atoms with Crippen molar-refractivity contribution < 1.29 is 4.79 Å². The van der Waals surface area contributed by atoms with Crippen molar-refractivity contribution in [3.63, 3.8) is 0 Å². The number of carbonyl (C=O) groups is 1. The highest BCUT2D eigenvalue weighted by atomic mass is 32.1. The molecule has 0 fully saturated rings. The number of nitrogens with zero attached hydrogens (tertiary/aromatic N) is 4. The molecule has 0 spiro atoms. The molecular formula is C12H15N5OS. The van der Waals surface area contributed by atoms with Gasteiger partial charge in [-0.15, -0.1) is 10.2 Å². The zero-order valence-corrected chi connectivity index (χ0v) is 11.9. The standard InChI is InChI=1S/C12H15N5OS/c1-4-10-15-16-12(19-10)14-11(18)8-5-6-13-9(7-8)17(2)3/h5-7H,4H2,1-3H3,(H,14,16,18). The van der Waals surface area contributed by atoms with E-state index >= 15 is 0 Å². The van der Waals surface area contributed by atoms with Gasteiger partial charge in [0, 0.05) is 25.9 Å². The summed E-state index contributed by atoms with van der Waals surface area (Å²) in [6.07, 6.45) is 2.43. The Kier molecular flexibility index (Phi) is 4.06. The summed E-state index contributed by atoms with van der Waals surface area (Å²) in [5.74, 6) is 0.531. The summed E-state index contributed by atoms with van der Waals surface area (Å²) in [5, 5.41) is 12.0. The SMILES string of the molecule is CCc1nnc(NC(=O)c2ccnc(N(C)C)c2)s1. The fraction of sp³-hybridized carbons (Fsp3) is 0.333. The van der Waals surface area contributed by atoms with Crippen molar-refractivity contribution in [1.82, 2.24) is 15.2 Å². The van der Waals surface area contributed by atoms with E-state index < -0.39 is 0 Å². The summed E-state index contributed by atoms with van der Waals surface area (Å²) in [4.78, 5) is 18.1. The van der Waals surface area contributed by atoms with Crippen LogP contribution >= 0.6 is 11.3 Å². The molecule has 0 aliphatic rings. The molecule has 2 aromatic heterocycles. The minimum absolute atomic E-state index is 0.204. The third kappa shape index (κ3) is 3.25. The van der Waals surface area contributed by atoms with Crippen LogP contribution in [-0.4, -0.2) is 35.2 Å². The number of amides is 1. The van der Waals surface area contributed by atoms with Crippen LogP contribution in [0.4, 0.5) is 10.9 Å². The summed E-state index contributed by atoms with van der Waals surface area (Å²) in [6, 6.07) is 3.40. The minimum atomic E-state index is -0.204. The topological polar surface area (TPSA) is 71.0 Å². The Morgan fingerprint density at radius 1 is 1.42 bits per heavy atom. The van der Waals surface area contributed by atoms with Crippen LogP contribution in [-0.2, 0) is 6.42 Å². The largest absolute Gasteiger partial charge is 0.363 e. The molecule has 0 aromatic carbocycles. The Morgan fingerprint density at radius 2 is 2.21 bits per heavy atom. The fourth-order valence-corrected chi connectivity index (χ4v) is 2.10. The van der Waals surface area contributed by atoms with E-state index in [9.17, 15) is 4.79 Å². The molecule has 1 amide bonds. The third-order valence-corrected chi connectivity index (χ3v) is 3.44. The van der Waals surface area contributed by atoms with Crippen LogP contribution in [0.15, 0.2) is 18.3 Å². The molecule has 7 heteroatoms. The number of pyridine rings is 1. The van der Waals surface area contributed by atoms with Crippen LogP contribution in [0.5, 0.6) is 0 Å². The molecule has 6 nitrogen and oxygen atoms in total. The highest BCUT2D eigenvalue weighted by Gasteiger charge is 2.11. The summed E-state index contributed by atoms with van der Waals surface area (Å²) in [6.45, 7) is 2.00. The Hall–Kier alpha value is -2.02. The van der Waals surface area contributed by atoms with Gasteiger partial charge in [0.1, 0.15) is 10.8 Å². The Morgan fingerprint density at radius 3 is 2.84 bits per heavy atom. The molecule has 0 aliphatic heterocycles. The molecule has 0 bridgehead atoms. The summed E-state index contributed by atoms with van der Waals surface area (Å²) < 4.78 is 0. The molecule has 0 saturated carbocycles. The highest BCUT2D eigenvalue weighted by Crippen LogP contribution is 2.17. The van der Waals surface area contributed by atoms with Crippen molar-refractivity contribution in [3.8, 4) is 0 Å². The monoisotopic (exact) mass is 277 g/mol. The first-order chi connectivity index (χ1) is 9.10. The molecule has 0 aliphatic carbocycles. The van der Waals surface area contributed by atoms with Crippen LogP contribution < -0.4 is 10.2 Å². The molecule has 0 unspecified atom stereocenters. The zero-order valence-electron chi connectivity index (χ0n) is 11.0. The lowest BCUT2D eigenvalue weighted by Crippen LogP contribution is -2.15. The van der Waals surface area contributed by atoms with E-state index in [1.54, 1.807) is 18.3 Å². The maximum absolute atomic E-state index is 12.1. The number of nitrogens with one attached hydrogen (secondary N) is 1. The average molecular weight is 277 g/mol. The van der Waals surface area contributed by atoms with Gasteiger partial charge in [-0.25, -0.2) is 4.98 Å². The number of anilines is 2. The van der Waals surface area contributed by atoms with Gasteiger partial charge in [-0.2, -0.15) is 0 Å². The van der Waals surface area contributed by atoms with E-state index in [-0.39, 0.29) is 5.91 Å². The lowest BCUT2D eigenvalue weighted by molar-refractivity contribution is 0.102. The van der Waals surface area contributed by atoms with E-state index in [1.165, 1.54) is 11.3 Å². The van der Waals surface area contributed by atoms with Crippen molar-refractivity contribution in [2.45, 2.75) is 13.3 Å². The van der Waals surface area contributed by atoms with Gasteiger partial charge in [-0.1, -0.05) is 18.3 Å². The first kappa shape index (κ1) is 13.4. The van der Waals surface area contributed by atoms with Crippen molar-refractivity contribution in [3.05, 3.63) is 28.9 Å². The maximum Gasteiger partial charge on any atom is 0.257 e. The molecule has 2 rings (SSSR count). The smallest absolute Gasteiger partial charge is 0.257 e. The van der Waals surface area contributed by atoms with Crippen molar-refractivity contribution in [2.75, 3.05) is 24.3 Å². The number of aryl methyl sites for hydroxylation is 1. The van der Waals surface area contributed by atoms with Gasteiger partial charge in [0.15, 0.2) is 0 Å². The second-order valence-corrected chi connectivity index (χ2v) is 5.17. The Bertz CT molecular complexity index is 581. The fourth-order valence-electron chi connectivity index (χ4n) is 1.42. The summed E-state index contributed by atoms with van der Waals surface area (Å²) in [7, 11) is 3.75. The van der Waals surface area contributed by atoms with Gasteiger partial charge < -0.3 is 4.90 Å². The maximum atomic E-state index is 12.1. The van der Waals surface area contributed by atoms with Crippen LogP contribution in [0.2, 0.25) is 0 Å². The van der Waals surface area contributed by atoms with E-state index in [0.717, 1.165) is 17.2 Å². The van der Waals surface area contributed by atoms with Crippen molar-refractivity contribution in [1.29, 1.82) is 0 Å². The van der Waals surface area contributed by atoms with Gasteiger partial charge in [-0.05, 0) is 18.6 Å². The molecule has 2 aromatic rings. The number of hydrogen-bond acceptors (Lipinski definition) is 6. The molecule has 100 valence electrons. The normalized spacial score (nSPS) is 10.3. The lowest BCUT2D eigenvalue weighted by atomic mass is 10.2. The van der Waals surface area contributed by atoms with E-state index in [1.807, 2.05) is 25.9 Å². The summed E-state index contributed by atoms with van der Waals surface area (Å²) in [5.41, 5.74) is 0.548. The quantitative estimate of drug-likeness (QED) is 0.923. The first-order valence-corrected chi connectivity index (χ1v) is 6.69. The molecule has 0 saturated heterocycles. The molecule has 1 N–H and O–H groups in total. The molecule has 0 atom stereocenters. The van der Waals surface area contributed by atoms with Gasteiger partial charge in [0.05, 0.1) is 0 Å². The van der Waals surface area contributed by atoms with Crippen LogP contribution in [0, 0.1) is 0 Å². The van der Waals surface area contributed by atoms with Crippen molar-refractivity contribution in [2.24, 2.45) is 0 Å². The van der Waals surface area contributed by atoms with Crippen molar-refractivity contribution >= 4 is 28.2 Å². The average Bonchev–Trinajstić information content (AvgIpc) is 2.86. The van der Waals surface area contributed by atoms with Crippen LogP contribution in [0.25, 0.3) is 0 Å². The zero-order chi connectivity index (χ0) is 13.8. The van der Waals surface area contributed by atoms with Gasteiger partial charge in [0.25, 0.3) is 5.91 Å². The van der Waals surface area contributed by atoms with E-state index in [2.05, 4.69) is 20.5 Å². The van der Waals surface area contributed by atoms with E-state index in [4.69, 9.17) is 0 Å². The van der Waals surface area contributed by atoms with Gasteiger partial charge >= 0.3 is 0 Å². The second-order valence-electron chi connectivity index (χ2n) is 4.11. The minimum Gasteiger partial charge on any atom is -0.363 e. The van der Waals surface area contributed by atoms with Gasteiger partial charge in [-0.3, -0.25) is 10.1 Å². The third-order valence-electron chi connectivity index (χ3n) is 2.46. The molecule has 0 radical (unpaired) electrons. The number of aromatic nitrogens is 3. The van der Waals surface area contributed by atoms with Crippen LogP contribution in [0.1, 0.15) is 22.3 Å². The molecule has 19 heavy (non-hydrogen) atoms. The highest BCUT2D eigenvalue weighted by molar-refractivity contribution is 7.15. The van der Waals surface area contributed by atoms with Crippen LogP contribution in [0.3, 0.4) is 0 Å². The van der Waals surface area contributed by atoms with Gasteiger partial charge in [0.2, 0.25) is 5.13 Å². The predicted molar refractivity (Wildman–Crippen MR) is 75.8 cm³/mol. The molecule has 2 heterocycles. The molecular weight excluding hydrogens is 262 g/mol. The lowest BCUT2D eigenvalue weighted by Gasteiger charge is -2.11. The number of rotatable bonds is 4.